The minimum absolute atomic E-state index is 0.0212. The third-order valence-corrected chi connectivity index (χ3v) is 5.50. The third kappa shape index (κ3) is 3.52. The smallest absolute Gasteiger partial charge is 0.223 e. The maximum absolute atomic E-state index is 12.6. The molecule has 0 bridgehead atoms. The monoisotopic (exact) mass is 317 g/mol. The van der Waals surface area contributed by atoms with Crippen LogP contribution in [0.4, 0.5) is 0 Å². The second kappa shape index (κ2) is 6.52. The average Bonchev–Trinajstić information content (AvgIpc) is 3.17. The molecule has 0 aliphatic heterocycles. The number of nitrogens with one attached hydrogen (secondary N) is 1. The highest BCUT2D eigenvalue weighted by molar-refractivity contribution is 5.78. The lowest BCUT2D eigenvalue weighted by molar-refractivity contribution is -0.128. The maximum Gasteiger partial charge on any atom is 0.223 e. The molecule has 2 saturated carbocycles. The molecule has 3 rings (SSSR count). The van der Waals surface area contributed by atoms with Crippen LogP contribution in [0.1, 0.15) is 63.4 Å². The first-order valence-electron chi connectivity index (χ1n) is 8.73. The molecule has 4 heteroatoms. The lowest BCUT2D eigenvalue weighted by Crippen LogP contribution is -2.46. The molecule has 2 aliphatic carbocycles. The number of ether oxygens (including phenoxy) is 1. The van der Waals surface area contributed by atoms with Crippen LogP contribution in [0.5, 0.6) is 5.75 Å². The van der Waals surface area contributed by atoms with Gasteiger partial charge < -0.3 is 15.2 Å². The summed E-state index contributed by atoms with van der Waals surface area (Å²) in [7, 11) is 1.66. The Hall–Kier alpha value is -1.55. The first-order chi connectivity index (χ1) is 11.1. The van der Waals surface area contributed by atoms with E-state index in [-0.39, 0.29) is 17.9 Å². The van der Waals surface area contributed by atoms with Gasteiger partial charge in [0.2, 0.25) is 5.91 Å². The van der Waals surface area contributed by atoms with Gasteiger partial charge in [-0.25, -0.2) is 0 Å². The predicted octanol–water partition coefficient (Wildman–Crippen LogP) is 3.28. The number of aliphatic hydroxyl groups is 1. The van der Waals surface area contributed by atoms with Gasteiger partial charge in [-0.3, -0.25) is 4.79 Å². The van der Waals surface area contributed by atoms with Gasteiger partial charge in [0.15, 0.2) is 0 Å². The Morgan fingerprint density at radius 2 is 1.65 bits per heavy atom. The summed E-state index contributed by atoms with van der Waals surface area (Å²) in [4.78, 5) is 12.6. The highest BCUT2D eigenvalue weighted by Crippen LogP contribution is 2.40. The Morgan fingerprint density at radius 1 is 1.09 bits per heavy atom. The molecule has 1 amide bonds. The Kier molecular flexibility index (Phi) is 4.62. The van der Waals surface area contributed by atoms with E-state index >= 15 is 0 Å². The molecule has 2 aliphatic rings. The molecule has 1 aromatic rings. The zero-order chi connectivity index (χ0) is 16.3. The maximum atomic E-state index is 12.6. The van der Waals surface area contributed by atoms with Crippen LogP contribution in [-0.4, -0.2) is 23.7 Å². The number of carbonyl (C=O) groups excluding carboxylic acids is 1. The van der Waals surface area contributed by atoms with Crippen molar-refractivity contribution in [2.75, 3.05) is 7.11 Å². The zero-order valence-electron chi connectivity index (χ0n) is 13.9. The summed E-state index contributed by atoms with van der Waals surface area (Å²) in [6, 6.07) is 8.00. The van der Waals surface area contributed by atoms with E-state index in [0.717, 1.165) is 62.7 Å². The number of carbonyl (C=O) groups is 1. The molecule has 0 saturated heterocycles. The van der Waals surface area contributed by atoms with E-state index in [9.17, 15) is 9.90 Å². The highest BCUT2D eigenvalue weighted by atomic mass is 16.5. The number of rotatable bonds is 5. The van der Waals surface area contributed by atoms with E-state index in [1.165, 1.54) is 0 Å². The summed E-state index contributed by atoms with van der Waals surface area (Å²) in [6.07, 6.45) is 7.93. The number of hydrogen-bond donors (Lipinski definition) is 2. The van der Waals surface area contributed by atoms with E-state index in [1.807, 2.05) is 12.1 Å². The van der Waals surface area contributed by atoms with Crippen molar-refractivity contribution in [2.24, 2.45) is 0 Å². The van der Waals surface area contributed by atoms with Gasteiger partial charge in [0.1, 0.15) is 5.75 Å². The summed E-state index contributed by atoms with van der Waals surface area (Å²) >= 11 is 0. The fraction of sp³-hybridized carbons (Fsp3) is 0.632. The Balaban J connectivity index is 1.73. The van der Waals surface area contributed by atoms with Gasteiger partial charge in [0.05, 0.1) is 24.7 Å². The van der Waals surface area contributed by atoms with E-state index in [2.05, 4.69) is 17.4 Å². The number of benzene rings is 1. The van der Waals surface area contributed by atoms with Crippen molar-refractivity contribution < 1.29 is 14.6 Å². The zero-order valence-corrected chi connectivity index (χ0v) is 13.9. The lowest BCUT2D eigenvalue weighted by Gasteiger charge is -2.33. The Morgan fingerprint density at radius 3 is 2.22 bits per heavy atom. The van der Waals surface area contributed by atoms with Crippen molar-refractivity contribution >= 4 is 5.91 Å². The fourth-order valence-electron chi connectivity index (χ4n) is 4.19. The van der Waals surface area contributed by atoms with Crippen molar-refractivity contribution in [3.8, 4) is 5.75 Å². The first-order valence-corrected chi connectivity index (χ1v) is 8.73. The van der Waals surface area contributed by atoms with E-state index in [0.29, 0.717) is 0 Å². The highest BCUT2D eigenvalue weighted by Gasteiger charge is 2.40. The van der Waals surface area contributed by atoms with Crippen LogP contribution in [0.15, 0.2) is 24.3 Å². The summed E-state index contributed by atoms with van der Waals surface area (Å²) in [5.41, 5.74) is 0.0739. The second-order valence-electron chi connectivity index (χ2n) is 7.17. The van der Waals surface area contributed by atoms with Crippen LogP contribution in [-0.2, 0) is 10.3 Å². The first kappa shape index (κ1) is 16.3. The summed E-state index contributed by atoms with van der Waals surface area (Å²) in [6.45, 7) is 0. The summed E-state index contributed by atoms with van der Waals surface area (Å²) in [5, 5.41) is 13.7. The van der Waals surface area contributed by atoms with Crippen molar-refractivity contribution in [1.82, 2.24) is 5.32 Å². The van der Waals surface area contributed by atoms with Crippen molar-refractivity contribution in [2.45, 2.75) is 68.9 Å². The van der Waals surface area contributed by atoms with Crippen LogP contribution in [0, 0.1) is 0 Å². The topological polar surface area (TPSA) is 58.6 Å². The van der Waals surface area contributed by atoms with Crippen LogP contribution < -0.4 is 10.1 Å². The van der Waals surface area contributed by atoms with E-state index in [1.54, 1.807) is 7.11 Å². The van der Waals surface area contributed by atoms with Gasteiger partial charge in [0, 0.05) is 0 Å². The molecule has 0 heterocycles. The molecule has 0 spiro atoms. The normalized spacial score (nSPS) is 22.0. The lowest BCUT2D eigenvalue weighted by atomic mass is 9.87. The minimum Gasteiger partial charge on any atom is -0.497 e. The van der Waals surface area contributed by atoms with Gasteiger partial charge in [-0.1, -0.05) is 37.8 Å². The van der Waals surface area contributed by atoms with Gasteiger partial charge in [-0.2, -0.15) is 0 Å². The van der Waals surface area contributed by atoms with E-state index < -0.39 is 5.60 Å². The predicted molar refractivity (Wildman–Crippen MR) is 89.3 cm³/mol. The van der Waals surface area contributed by atoms with Crippen molar-refractivity contribution in [3.05, 3.63) is 29.8 Å². The molecule has 2 N–H and O–H groups in total. The van der Waals surface area contributed by atoms with Gasteiger partial charge >= 0.3 is 0 Å². The largest absolute Gasteiger partial charge is 0.497 e. The van der Waals surface area contributed by atoms with Crippen LogP contribution in [0.3, 0.4) is 0 Å². The Bertz CT molecular complexity index is 540. The number of hydrogen-bond acceptors (Lipinski definition) is 3. The average molecular weight is 317 g/mol. The second-order valence-corrected chi connectivity index (χ2v) is 7.17. The van der Waals surface area contributed by atoms with Gasteiger partial charge in [-0.15, -0.1) is 0 Å². The molecule has 0 atom stereocenters. The molecule has 1 aromatic carbocycles. The molecular formula is C19H27NO3. The third-order valence-electron chi connectivity index (χ3n) is 5.50. The number of methoxy groups -OCH3 is 1. The molecule has 126 valence electrons. The molecule has 0 unspecified atom stereocenters. The van der Waals surface area contributed by atoms with Gasteiger partial charge in [0.25, 0.3) is 0 Å². The molecule has 0 radical (unpaired) electrons. The summed E-state index contributed by atoms with van der Waals surface area (Å²) in [5.74, 6) is 0.806. The van der Waals surface area contributed by atoms with Crippen LogP contribution >= 0.6 is 0 Å². The summed E-state index contributed by atoms with van der Waals surface area (Å²) < 4.78 is 5.23. The molecule has 4 nitrogen and oxygen atoms in total. The van der Waals surface area contributed by atoms with Crippen molar-refractivity contribution in [3.63, 3.8) is 0 Å². The molecule has 23 heavy (non-hydrogen) atoms. The Labute approximate surface area is 138 Å². The molecule has 2 fully saturated rings. The standard InChI is InChI=1S/C19H27NO3/c1-23-16-8-6-15(7-9-16)19(12-4-5-13-19)20-17(21)14-18(22)10-2-3-11-18/h6-9,22H,2-5,10-14H2,1H3,(H,20,21). The van der Waals surface area contributed by atoms with Crippen LogP contribution in [0.25, 0.3) is 0 Å². The SMILES string of the molecule is COc1ccc(C2(NC(=O)CC3(O)CCCC3)CCCC2)cc1. The van der Waals surface area contributed by atoms with Gasteiger partial charge in [-0.05, 0) is 43.4 Å². The fourth-order valence-corrected chi connectivity index (χ4v) is 4.19. The van der Waals surface area contributed by atoms with Crippen molar-refractivity contribution in [1.29, 1.82) is 0 Å². The van der Waals surface area contributed by atoms with E-state index in [4.69, 9.17) is 4.74 Å². The minimum atomic E-state index is -0.788. The molecule has 0 aromatic heterocycles. The number of amides is 1. The van der Waals surface area contributed by atoms with Crippen LogP contribution in [0.2, 0.25) is 0 Å². The molecular weight excluding hydrogens is 290 g/mol. The quantitative estimate of drug-likeness (QED) is 0.876.